The molecule has 3 heteroatoms. The maximum atomic E-state index is 12.2. The molecular formula is C16H17NO2. The van der Waals surface area contributed by atoms with Crippen molar-refractivity contribution in [2.45, 2.75) is 12.8 Å². The second-order valence-corrected chi connectivity index (χ2v) is 4.32. The van der Waals surface area contributed by atoms with E-state index in [1.54, 1.807) is 7.11 Å². The van der Waals surface area contributed by atoms with Crippen molar-refractivity contribution in [1.29, 1.82) is 0 Å². The molecule has 1 atom stereocenters. The Morgan fingerprint density at radius 2 is 1.68 bits per heavy atom. The van der Waals surface area contributed by atoms with Crippen molar-refractivity contribution < 1.29 is 9.53 Å². The summed E-state index contributed by atoms with van der Waals surface area (Å²) in [4.78, 5) is 12.2. The van der Waals surface area contributed by atoms with Crippen molar-refractivity contribution in [3.8, 4) is 5.75 Å². The number of carbonyl (C=O) groups is 1. The highest BCUT2D eigenvalue weighted by atomic mass is 16.5. The third-order valence-electron chi connectivity index (χ3n) is 3.06. The van der Waals surface area contributed by atoms with Gasteiger partial charge >= 0.3 is 0 Å². The monoisotopic (exact) mass is 255 g/mol. The van der Waals surface area contributed by atoms with Gasteiger partial charge in [0.2, 0.25) is 5.91 Å². The molecule has 2 aromatic rings. The SMILES string of the molecule is COc1ccccc1NC(=O)C(C)c1ccccc1. The molecule has 0 fully saturated rings. The fraction of sp³-hybridized carbons (Fsp3) is 0.188. The number of benzene rings is 2. The van der Waals surface area contributed by atoms with E-state index in [1.165, 1.54) is 0 Å². The predicted octanol–water partition coefficient (Wildman–Crippen LogP) is 3.44. The molecule has 0 bridgehead atoms. The maximum absolute atomic E-state index is 12.2. The Kier molecular flexibility index (Phi) is 4.18. The molecule has 98 valence electrons. The van der Waals surface area contributed by atoms with Crippen LogP contribution >= 0.6 is 0 Å². The highest BCUT2D eigenvalue weighted by Gasteiger charge is 2.16. The van der Waals surface area contributed by atoms with Crippen molar-refractivity contribution >= 4 is 11.6 Å². The van der Waals surface area contributed by atoms with Crippen molar-refractivity contribution in [1.82, 2.24) is 0 Å². The van der Waals surface area contributed by atoms with Gasteiger partial charge in [0.15, 0.2) is 0 Å². The fourth-order valence-corrected chi connectivity index (χ4v) is 1.88. The van der Waals surface area contributed by atoms with Gasteiger partial charge in [0, 0.05) is 0 Å². The Balaban J connectivity index is 2.13. The molecule has 0 heterocycles. The fourth-order valence-electron chi connectivity index (χ4n) is 1.88. The lowest BCUT2D eigenvalue weighted by Gasteiger charge is -2.14. The summed E-state index contributed by atoms with van der Waals surface area (Å²) < 4.78 is 5.22. The molecule has 0 spiro atoms. The molecule has 1 amide bonds. The number of carbonyl (C=O) groups excluding carboxylic acids is 1. The molecule has 0 saturated heterocycles. The van der Waals surface area contributed by atoms with E-state index in [2.05, 4.69) is 5.32 Å². The zero-order valence-corrected chi connectivity index (χ0v) is 11.1. The summed E-state index contributed by atoms with van der Waals surface area (Å²) in [5.41, 5.74) is 1.69. The maximum Gasteiger partial charge on any atom is 0.231 e. The molecule has 0 aliphatic heterocycles. The average Bonchev–Trinajstić information content (AvgIpc) is 2.48. The van der Waals surface area contributed by atoms with E-state index in [0.717, 1.165) is 5.56 Å². The van der Waals surface area contributed by atoms with Crippen molar-refractivity contribution in [3.63, 3.8) is 0 Å². The van der Waals surface area contributed by atoms with Gasteiger partial charge in [-0.3, -0.25) is 4.79 Å². The number of methoxy groups -OCH3 is 1. The van der Waals surface area contributed by atoms with Crippen LogP contribution in [0, 0.1) is 0 Å². The van der Waals surface area contributed by atoms with Crippen LogP contribution in [-0.4, -0.2) is 13.0 Å². The molecule has 0 saturated carbocycles. The van der Waals surface area contributed by atoms with Gasteiger partial charge in [0.25, 0.3) is 0 Å². The summed E-state index contributed by atoms with van der Waals surface area (Å²) >= 11 is 0. The summed E-state index contributed by atoms with van der Waals surface area (Å²) in [5.74, 6) is 0.415. The molecule has 3 nitrogen and oxygen atoms in total. The summed E-state index contributed by atoms with van der Waals surface area (Å²) in [6, 6.07) is 17.1. The van der Waals surface area contributed by atoms with Gasteiger partial charge in [0.1, 0.15) is 5.75 Å². The molecule has 0 radical (unpaired) electrons. The Morgan fingerprint density at radius 3 is 2.37 bits per heavy atom. The van der Waals surface area contributed by atoms with E-state index in [1.807, 2.05) is 61.5 Å². The van der Waals surface area contributed by atoms with Crippen LogP contribution in [0.4, 0.5) is 5.69 Å². The largest absolute Gasteiger partial charge is 0.495 e. The van der Waals surface area contributed by atoms with Crippen LogP contribution in [0.3, 0.4) is 0 Å². The van der Waals surface area contributed by atoms with Crippen molar-refractivity contribution in [2.75, 3.05) is 12.4 Å². The van der Waals surface area contributed by atoms with Crippen molar-refractivity contribution in [3.05, 3.63) is 60.2 Å². The molecule has 2 rings (SSSR count). The summed E-state index contributed by atoms with van der Waals surface area (Å²) in [6.45, 7) is 1.89. The number of amides is 1. The Bertz CT molecular complexity index is 552. The molecule has 0 aliphatic rings. The number of nitrogens with one attached hydrogen (secondary N) is 1. The lowest BCUT2D eigenvalue weighted by Crippen LogP contribution is -2.19. The van der Waals surface area contributed by atoms with E-state index < -0.39 is 0 Å². The van der Waals surface area contributed by atoms with Crippen LogP contribution in [0.15, 0.2) is 54.6 Å². The molecule has 1 unspecified atom stereocenters. The standard InChI is InChI=1S/C16H17NO2/c1-12(13-8-4-3-5-9-13)16(18)17-14-10-6-7-11-15(14)19-2/h3-12H,1-2H3,(H,17,18). The van der Waals surface area contributed by atoms with Crippen LogP contribution in [-0.2, 0) is 4.79 Å². The molecule has 1 N–H and O–H groups in total. The second-order valence-electron chi connectivity index (χ2n) is 4.32. The summed E-state index contributed by atoms with van der Waals surface area (Å²) in [7, 11) is 1.59. The van der Waals surface area contributed by atoms with Gasteiger partial charge in [0.05, 0.1) is 18.7 Å². The minimum atomic E-state index is -0.203. The first-order valence-electron chi connectivity index (χ1n) is 6.21. The van der Waals surface area contributed by atoms with Gasteiger partial charge < -0.3 is 10.1 Å². The van der Waals surface area contributed by atoms with E-state index in [4.69, 9.17) is 4.74 Å². The third kappa shape index (κ3) is 3.13. The van der Waals surface area contributed by atoms with Crippen LogP contribution in [0.1, 0.15) is 18.4 Å². The molecule has 0 aromatic heterocycles. The zero-order chi connectivity index (χ0) is 13.7. The van der Waals surface area contributed by atoms with Crippen LogP contribution in [0.5, 0.6) is 5.75 Å². The number of para-hydroxylation sites is 2. The van der Waals surface area contributed by atoms with E-state index in [0.29, 0.717) is 11.4 Å². The summed E-state index contributed by atoms with van der Waals surface area (Å²) in [5, 5.41) is 2.90. The zero-order valence-electron chi connectivity index (χ0n) is 11.1. The first kappa shape index (κ1) is 13.1. The number of ether oxygens (including phenoxy) is 1. The first-order valence-corrected chi connectivity index (χ1v) is 6.21. The van der Waals surface area contributed by atoms with E-state index in [9.17, 15) is 4.79 Å². The molecular weight excluding hydrogens is 238 g/mol. The lowest BCUT2D eigenvalue weighted by atomic mass is 10.0. The van der Waals surface area contributed by atoms with Gasteiger partial charge in [-0.1, -0.05) is 42.5 Å². The second kappa shape index (κ2) is 6.05. The average molecular weight is 255 g/mol. The normalized spacial score (nSPS) is 11.7. The molecule has 2 aromatic carbocycles. The van der Waals surface area contributed by atoms with Crippen LogP contribution < -0.4 is 10.1 Å². The highest BCUT2D eigenvalue weighted by molar-refractivity contribution is 5.96. The number of hydrogen-bond acceptors (Lipinski definition) is 2. The van der Waals surface area contributed by atoms with Crippen LogP contribution in [0.25, 0.3) is 0 Å². The Morgan fingerprint density at radius 1 is 1.05 bits per heavy atom. The predicted molar refractivity (Wildman–Crippen MR) is 76.5 cm³/mol. The number of rotatable bonds is 4. The van der Waals surface area contributed by atoms with Gasteiger partial charge in [-0.05, 0) is 24.6 Å². The van der Waals surface area contributed by atoms with Gasteiger partial charge in [-0.2, -0.15) is 0 Å². The first-order chi connectivity index (χ1) is 9.22. The molecule has 19 heavy (non-hydrogen) atoms. The number of hydrogen-bond donors (Lipinski definition) is 1. The third-order valence-corrected chi connectivity index (χ3v) is 3.06. The smallest absolute Gasteiger partial charge is 0.231 e. The Hall–Kier alpha value is -2.29. The lowest BCUT2D eigenvalue weighted by molar-refractivity contribution is -0.117. The van der Waals surface area contributed by atoms with Crippen LogP contribution in [0.2, 0.25) is 0 Å². The highest BCUT2D eigenvalue weighted by Crippen LogP contribution is 2.25. The minimum Gasteiger partial charge on any atom is -0.495 e. The number of anilines is 1. The minimum absolute atomic E-state index is 0.0456. The van der Waals surface area contributed by atoms with Crippen molar-refractivity contribution in [2.24, 2.45) is 0 Å². The molecule has 0 aliphatic carbocycles. The van der Waals surface area contributed by atoms with E-state index >= 15 is 0 Å². The van der Waals surface area contributed by atoms with Gasteiger partial charge in [-0.25, -0.2) is 0 Å². The Labute approximate surface area is 113 Å². The van der Waals surface area contributed by atoms with E-state index in [-0.39, 0.29) is 11.8 Å². The quantitative estimate of drug-likeness (QED) is 0.908. The summed E-state index contributed by atoms with van der Waals surface area (Å²) in [6.07, 6.45) is 0. The topological polar surface area (TPSA) is 38.3 Å². The van der Waals surface area contributed by atoms with Gasteiger partial charge in [-0.15, -0.1) is 0 Å².